The summed E-state index contributed by atoms with van der Waals surface area (Å²) < 4.78 is 0. The maximum absolute atomic E-state index is 12.6. The number of nitrogens with zero attached hydrogens (tertiary/aromatic N) is 2. The minimum absolute atomic E-state index is 0.0681. The predicted molar refractivity (Wildman–Crippen MR) is 82.6 cm³/mol. The third-order valence-corrected chi connectivity index (χ3v) is 3.87. The van der Waals surface area contributed by atoms with E-state index in [9.17, 15) is 4.79 Å². The second kappa shape index (κ2) is 6.83. The number of hydroxylamine groups is 1. The second-order valence-electron chi connectivity index (χ2n) is 5.35. The van der Waals surface area contributed by atoms with Crippen LogP contribution in [0, 0.1) is 11.8 Å². The SMILES string of the molecule is CCC(C)C1=NC(C(C)C(=O)c2ccccc2)N(NC)O1. The first-order valence-corrected chi connectivity index (χ1v) is 7.40. The van der Waals surface area contributed by atoms with Crippen molar-refractivity contribution in [1.29, 1.82) is 0 Å². The molecule has 0 saturated carbocycles. The van der Waals surface area contributed by atoms with E-state index in [0.717, 1.165) is 6.42 Å². The molecule has 1 aliphatic rings. The number of hydrogen-bond donors (Lipinski definition) is 1. The zero-order valence-corrected chi connectivity index (χ0v) is 13.0. The number of carbonyl (C=O) groups is 1. The van der Waals surface area contributed by atoms with Crippen molar-refractivity contribution < 1.29 is 9.63 Å². The van der Waals surface area contributed by atoms with Crippen LogP contribution in [0.15, 0.2) is 35.3 Å². The van der Waals surface area contributed by atoms with Crippen LogP contribution in [0.2, 0.25) is 0 Å². The van der Waals surface area contributed by atoms with Gasteiger partial charge >= 0.3 is 0 Å². The molecule has 21 heavy (non-hydrogen) atoms. The molecule has 1 aromatic rings. The first kappa shape index (κ1) is 15.7. The number of nitrogens with one attached hydrogen (secondary N) is 1. The Kier molecular flexibility index (Phi) is 5.09. The molecule has 0 radical (unpaired) electrons. The summed E-state index contributed by atoms with van der Waals surface area (Å²) in [6, 6.07) is 9.30. The van der Waals surface area contributed by atoms with Gasteiger partial charge in [-0.05, 0) is 11.6 Å². The summed E-state index contributed by atoms with van der Waals surface area (Å²) in [7, 11) is 1.77. The Morgan fingerprint density at radius 1 is 1.38 bits per heavy atom. The minimum Gasteiger partial charge on any atom is -0.373 e. The standard InChI is InChI=1S/C16H23N3O2/c1-5-11(2)16-18-15(19(17-4)21-16)12(3)14(20)13-9-7-6-8-10-13/h6-12,15,17H,5H2,1-4H3. The highest BCUT2D eigenvalue weighted by molar-refractivity contribution is 5.98. The normalized spacial score (nSPS) is 21.5. The number of hydrazine groups is 1. The van der Waals surface area contributed by atoms with E-state index in [1.54, 1.807) is 12.2 Å². The number of carbonyl (C=O) groups excluding carboxylic acids is 1. The molecule has 1 heterocycles. The van der Waals surface area contributed by atoms with E-state index in [1.807, 2.05) is 37.3 Å². The van der Waals surface area contributed by atoms with Crippen LogP contribution in [0.3, 0.4) is 0 Å². The van der Waals surface area contributed by atoms with Gasteiger partial charge in [-0.3, -0.25) is 4.79 Å². The van der Waals surface area contributed by atoms with Crippen LogP contribution in [0.4, 0.5) is 0 Å². The molecule has 1 N–H and O–H groups in total. The molecule has 3 unspecified atom stereocenters. The molecule has 0 bridgehead atoms. The zero-order chi connectivity index (χ0) is 15.4. The van der Waals surface area contributed by atoms with Crippen molar-refractivity contribution >= 4 is 11.7 Å². The molecule has 114 valence electrons. The molecule has 0 amide bonds. The first-order chi connectivity index (χ1) is 10.1. The number of ketones is 1. The summed E-state index contributed by atoms with van der Waals surface area (Å²) >= 11 is 0. The zero-order valence-electron chi connectivity index (χ0n) is 13.0. The maximum Gasteiger partial charge on any atom is 0.216 e. The van der Waals surface area contributed by atoms with Gasteiger partial charge in [-0.15, -0.1) is 0 Å². The Bertz CT molecular complexity index is 516. The van der Waals surface area contributed by atoms with E-state index >= 15 is 0 Å². The fourth-order valence-corrected chi connectivity index (χ4v) is 2.25. The van der Waals surface area contributed by atoms with Crippen molar-refractivity contribution in [2.45, 2.75) is 33.4 Å². The van der Waals surface area contributed by atoms with Crippen molar-refractivity contribution in [3.8, 4) is 0 Å². The lowest BCUT2D eigenvalue weighted by Gasteiger charge is -2.24. The number of rotatable bonds is 6. The van der Waals surface area contributed by atoms with Gasteiger partial charge in [-0.25, -0.2) is 10.4 Å². The fourth-order valence-electron chi connectivity index (χ4n) is 2.25. The van der Waals surface area contributed by atoms with Crippen molar-refractivity contribution in [1.82, 2.24) is 10.6 Å². The molecule has 3 atom stereocenters. The Morgan fingerprint density at radius 2 is 2.05 bits per heavy atom. The van der Waals surface area contributed by atoms with Crippen LogP contribution < -0.4 is 5.43 Å². The molecular weight excluding hydrogens is 266 g/mol. The summed E-state index contributed by atoms with van der Waals surface area (Å²) in [5.74, 6) is 0.703. The van der Waals surface area contributed by atoms with Gasteiger partial charge in [-0.1, -0.05) is 51.1 Å². The van der Waals surface area contributed by atoms with Crippen LogP contribution in [0.5, 0.6) is 0 Å². The average Bonchev–Trinajstić information content (AvgIpc) is 2.97. The Balaban J connectivity index is 2.18. The van der Waals surface area contributed by atoms with E-state index in [2.05, 4.69) is 24.3 Å². The van der Waals surface area contributed by atoms with Crippen molar-refractivity contribution in [3.05, 3.63) is 35.9 Å². The lowest BCUT2D eigenvalue weighted by atomic mass is 9.97. The van der Waals surface area contributed by atoms with Crippen molar-refractivity contribution in [3.63, 3.8) is 0 Å². The van der Waals surface area contributed by atoms with E-state index in [0.29, 0.717) is 11.5 Å². The molecule has 5 nitrogen and oxygen atoms in total. The lowest BCUT2D eigenvalue weighted by molar-refractivity contribution is -0.134. The monoisotopic (exact) mass is 289 g/mol. The largest absolute Gasteiger partial charge is 0.373 e. The lowest BCUT2D eigenvalue weighted by Crippen LogP contribution is -2.44. The van der Waals surface area contributed by atoms with Gasteiger partial charge in [0, 0.05) is 18.5 Å². The Labute approximate surface area is 125 Å². The highest BCUT2D eigenvalue weighted by Gasteiger charge is 2.37. The second-order valence-corrected chi connectivity index (χ2v) is 5.35. The fraction of sp³-hybridized carbons (Fsp3) is 0.500. The van der Waals surface area contributed by atoms with Crippen molar-refractivity contribution in [2.75, 3.05) is 7.05 Å². The molecule has 0 aliphatic carbocycles. The van der Waals surface area contributed by atoms with Crippen molar-refractivity contribution in [2.24, 2.45) is 16.8 Å². The van der Waals surface area contributed by atoms with Gasteiger partial charge in [0.15, 0.2) is 11.9 Å². The summed E-state index contributed by atoms with van der Waals surface area (Å²) in [5, 5.41) is 1.56. The minimum atomic E-state index is -0.341. The molecule has 0 fully saturated rings. The van der Waals surface area contributed by atoms with Gasteiger partial charge in [0.05, 0.1) is 5.92 Å². The Morgan fingerprint density at radius 3 is 2.62 bits per heavy atom. The first-order valence-electron chi connectivity index (χ1n) is 7.40. The quantitative estimate of drug-likeness (QED) is 0.818. The van der Waals surface area contributed by atoms with E-state index in [1.165, 1.54) is 0 Å². The highest BCUT2D eigenvalue weighted by Crippen LogP contribution is 2.24. The molecular formula is C16H23N3O2. The van der Waals surface area contributed by atoms with Gasteiger partial charge in [0.25, 0.3) is 0 Å². The van der Waals surface area contributed by atoms with E-state index in [-0.39, 0.29) is 23.8 Å². The summed E-state index contributed by atoms with van der Waals surface area (Å²) in [4.78, 5) is 22.9. The van der Waals surface area contributed by atoms with Crippen LogP contribution >= 0.6 is 0 Å². The molecule has 1 aliphatic heterocycles. The number of aliphatic imine (C=N–C) groups is 1. The van der Waals surface area contributed by atoms with E-state index in [4.69, 9.17) is 4.84 Å². The maximum atomic E-state index is 12.6. The summed E-state index contributed by atoms with van der Waals surface area (Å²) in [5.41, 5.74) is 3.66. The molecule has 5 heteroatoms. The van der Waals surface area contributed by atoms with Crippen LogP contribution in [0.1, 0.15) is 37.6 Å². The summed E-state index contributed by atoms with van der Waals surface area (Å²) in [6.45, 7) is 6.04. The van der Waals surface area contributed by atoms with Gasteiger partial charge < -0.3 is 4.84 Å². The Hall–Kier alpha value is -1.72. The van der Waals surface area contributed by atoms with Crippen LogP contribution in [-0.2, 0) is 4.84 Å². The van der Waals surface area contributed by atoms with Crippen LogP contribution in [-0.4, -0.2) is 30.1 Å². The van der Waals surface area contributed by atoms with Gasteiger partial charge in [0.1, 0.15) is 0 Å². The van der Waals surface area contributed by atoms with E-state index < -0.39 is 0 Å². The number of benzene rings is 1. The molecule has 0 saturated heterocycles. The topological polar surface area (TPSA) is 53.9 Å². The smallest absolute Gasteiger partial charge is 0.216 e. The molecule has 2 rings (SSSR count). The van der Waals surface area contributed by atoms with Gasteiger partial charge in [0.2, 0.25) is 5.90 Å². The molecule has 1 aromatic carbocycles. The average molecular weight is 289 g/mol. The number of Topliss-reactive ketones (excluding diaryl/α,β-unsaturated/α-hetero) is 1. The molecule has 0 aromatic heterocycles. The van der Waals surface area contributed by atoms with Gasteiger partial charge in [-0.2, -0.15) is 0 Å². The predicted octanol–water partition coefficient (Wildman–Crippen LogP) is 2.66. The highest BCUT2D eigenvalue weighted by atomic mass is 16.7. The summed E-state index contributed by atoms with van der Waals surface area (Å²) in [6.07, 6.45) is 0.608. The van der Waals surface area contributed by atoms with Crippen LogP contribution in [0.25, 0.3) is 0 Å². The molecule has 0 spiro atoms. The third kappa shape index (κ3) is 3.31. The number of hydrogen-bond acceptors (Lipinski definition) is 5. The third-order valence-electron chi connectivity index (χ3n) is 3.87.